The van der Waals surface area contributed by atoms with Crippen LogP contribution in [0.15, 0.2) is 30.5 Å². The monoisotopic (exact) mass is 253 g/mol. The minimum absolute atomic E-state index is 0.208. The van der Waals surface area contributed by atoms with Crippen LogP contribution in [0.5, 0.6) is 0 Å². The second-order valence-corrected chi connectivity index (χ2v) is 4.44. The van der Waals surface area contributed by atoms with E-state index in [1.165, 1.54) is 12.1 Å². The summed E-state index contributed by atoms with van der Waals surface area (Å²) in [7, 11) is 0. The highest BCUT2D eigenvalue weighted by molar-refractivity contribution is 5.18. The Morgan fingerprint density at radius 1 is 1.22 bits per heavy atom. The van der Waals surface area contributed by atoms with Gasteiger partial charge in [0.15, 0.2) is 0 Å². The van der Waals surface area contributed by atoms with Gasteiger partial charge >= 0.3 is 0 Å². The van der Waals surface area contributed by atoms with Crippen molar-refractivity contribution in [3.05, 3.63) is 47.7 Å². The molecule has 1 aliphatic rings. The SMILES string of the molecule is Fc1cc(F)cc(CCNCC2CCC=CO2)c1. The van der Waals surface area contributed by atoms with Crippen molar-refractivity contribution in [3.63, 3.8) is 0 Å². The fourth-order valence-electron chi connectivity index (χ4n) is 1.99. The van der Waals surface area contributed by atoms with Gasteiger partial charge in [-0.3, -0.25) is 0 Å². The second kappa shape index (κ2) is 6.50. The molecule has 1 aromatic carbocycles. The normalized spacial score (nSPS) is 18.7. The lowest BCUT2D eigenvalue weighted by atomic mass is 10.1. The number of hydrogen-bond acceptors (Lipinski definition) is 2. The van der Waals surface area contributed by atoms with Gasteiger partial charge in [0.05, 0.1) is 6.26 Å². The molecule has 98 valence electrons. The predicted octanol–water partition coefficient (Wildman–Crippen LogP) is 2.79. The molecular weight excluding hydrogens is 236 g/mol. The van der Waals surface area contributed by atoms with Gasteiger partial charge in [-0.2, -0.15) is 0 Å². The van der Waals surface area contributed by atoms with E-state index in [1.54, 1.807) is 6.26 Å². The molecule has 0 saturated heterocycles. The van der Waals surface area contributed by atoms with Crippen LogP contribution in [0.4, 0.5) is 8.78 Å². The minimum Gasteiger partial charge on any atom is -0.497 e. The van der Waals surface area contributed by atoms with E-state index in [2.05, 4.69) is 5.32 Å². The molecule has 0 radical (unpaired) electrons. The molecule has 0 aromatic heterocycles. The first-order chi connectivity index (χ1) is 8.74. The van der Waals surface area contributed by atoms with Crippen molar-refractivity contribution in [2.45, 2.75) is 25.4 Å². The zero-order valence-corrected chi connectivity index (χ0v) is 10.2. The second-order valence-electron chi connectivity index (χ2n) is 4.44. The van der Waals surface area contributed by atoms with Gasteiger partial charge in [0.2, 0.25) is 0 Å². The van der Waals surface area contributed by atoms with Crippen LogP contribution in [-0.4, -0.2) is 19.2 Å². The zero-order chi connectivity index (χ0) is 12.8. The van der Waals surface area contributed by atoms with Crippen molar-refractivity contribution < 1.29 is 13.5 Å². The van der Waals surface area contributed by atoms with Gasteiger partial charge in [-0.15, -0.1) is 0 Å². The lowest BCUT2D eigenvalue weighted by Gasteiger charge is -2.19. The summed E-state index contributed by atoms with van der Waals surface area (Å²) in [4.78, 5) is 0. The van der Waals surface area contributed by atoms with Gasteiger partial charge in [-0.1, -0.05) is 0 Å². The first-order valence-corrected chi connectivity index (χ1v) is 6.20. The first kappa shape index (κ1) is 13.0. The van der Waals surface area contributed by atoms with Crippen LogP contribution in [0.3, 0.4) is 0 Å². The van der Waals surface area contributed by atoms with E-state index in [1.807, 2.05) is 6.08 Å². The minimum atomic E-state index is -0.522. The summed E-state index contributed by atoms with van der Waals surface area (Å²) in [5.41, 5.74) is 0.671. The van der Waals surface area contributed by atoms with Crippen molar-refractivity contribution in [1.29, 1.82) is 0 Å². The summed E-state index contributed by atoms with van der Waals surface area (Å²) in [6.07, 6.45) is 6.61. The number of hydrogen-bond donors (Lipinski definition) is 1. The molecule has 0 amide bonds. The van der Waals surface area contributed by atoms with E-state index in [4.69, 9.17) is 4.74 Å². The van der Waals surface area contributed by atoms with Crippen LogP contribution in [-0.2, 0) is 11.2 Å². The Labute approximate surface area is 106 Å². The Balaban J connectivity index is 1.70. The average Bonchev–Trinajstić information content (AvgIpc) is 2.35. The molecule has 18 heavy (non-hydrogen) atoms. The van der Waals surface area contributed by atoms with Crippen molar-refractivity contribution in [1.82, 2.24) is 5.32 Å². The Hall–Kier alpha value is -1.42. The summed E-state index contributed by atoms with van der Waals surface area (Å²) in [6, 6.07) is 3.62. The fraction of sp³-hybridized carbons (Fsp3) is 0.429. The lowest BCUT2D eigenvalue weighted by molar-refractivity contribution is 0.123. The molecular formula is C14H17F2NO. The Kier molecular flexibility index (Phi) is 4.70. The van der Waals surface area contributed by atoms with Gasteiger partial charge in [0.1, 0.15) is 17.7 Å². The van der Waals surface area contributed by atoms with Gasteiger partial charge in [-0.05, 0) is 49.6 Å². The maximum Gasteiger partial charge on any atom is 0.126 e. The third kappa shape index (κ3) is 4.11. The van der Waals surface area contributed by atoms with Crippen molar-refractivity contribution in [2.24, 2.45) is 0 Å². The van der Waals surface area contributed by atoms with Crippen molar-refractivity contribution in [2.75, 3.05) is 13.1 Å². The molecule has 1 atom stereocenters. The zero-order valence-electron chi connectivity index (χ0n) is 10.2. The van der Waals surface area contributed by atoms with E-state index in [9.17, 15) is 8.78 Å². The van der Waals surface area contributed by atoms with Gasteiger partial charge < -0.3 is 10.1 Å². The topological polar surface area (TPSA) is 21.3 Å². The van der Waals surface area contributed by atoms with Crippen LogP contribution in [0.1, 0.15) is 18.4 Å². The Bertz CT molecular complexity index is 400. The van der Waals surface area contributed by atoms with E-state index in [0.717, 1.165) is 25.5 Å². The molecule has 4 heteroatoms. The number of ether oxygens (including phenoxy) is 1. The summed E-state index contributed by atoms with van der Waals surface area (Å²) in [5, 5.41) is 3.24. The van der Waals surface area contributed by atoms with E-state index >= 15 is 0 Å². The molecule has 1 unspecified atom stereocenters. The predicted molar refractivity (Wildman–Crippen MR) is 66.2 cm³/mol. The van der Waals surface area contributed by atoms with E-state index in [-0.39, 0.29) is 6.10 Å². The Morgan fingerprint density at radius 2 is 2.00 bits per heavy atom. The maximum atomic E-state index is 12.9. The van der Waals surface area contributed by atoms with Crippen molar-refractivity contribution in [3.8, 4) is 0 Å². The quantitative estimate of drug-likeness (QED) is 0.815. The third-order valence-corrected chi connectivity index (χ3v) is 2.91. The molecule has 0 spiro atoms. The van der Waals surface area contributed by atoms with E-state index in [0.29, 0.717) is 18.5 Å². The van der Waals surface area contributed by atoms with Gasteiger partial charge in [0, 0.05) is 12.6 Å². The summed E-state index contributed by atoms with van der Waals surface area (Å²) < 4.78 is 31.3. The number of rotatable bonds is 5. The van der Waals surface area contributed by atoms with Crippen LogP contribution in [0.25, 0.3) is 0 Å². The summed E-state index contributed by atoms with van der Waals surface area (Å²) in [5.74, 6) is -1.04. The highest BCUT2D eigenvalue weighted by Gasteiger charge is 2.09. The highest BCUT2D eigenvalue weighted by Crippen LogP contribution is 2.10. The third-order valence-electron chi connectivity index (χ3n) is 2.91. The van der Waals surface area contributed by atoms with Gasteiger partial charge in [0.25, 0.3) is 0 Å². The molecule has 0 saturated carbocycles. The molecule has 2 rings (SSSR count). The number of halogens is 2. The smallest absolute Gasteiger partial charge is 0.126 e. The summed E-state index contributed by atoms with van der Waals surface area (Å²) in [6.45, 7) is 1.45. The number of nitrogens with one attached hydrogen (secondary N) is 1. The maximum absolute atomic E-state index is 12.9. The molecule has 2 nitrogen and oxygen atoms in total. The van der Waals surface area contributed by atoms with Gasteiger partial charge in [-0.25, -0.2) is 8.78 Å². The van der Waals surface area contributed by atoms with Crippen LogP contribution in [0.2, 0.25) is 0 Å². The molecule has 1 heterocycles. The van der Waals surface area contributed by atoms with Crippen LogP contribution < -0.4 is 5.32 Å². The number of benzene rings is 1. The van der Waals surface area contributed by atoms with Crippen LogP contribution >= 0.6 is 0 Å². The molecule has 0 fully saturated rings. The standard InChI is InChI=1S/C14H17F2NO/c15-12-7-11(8-13(16)9-12)4-5-17-10-14-3-1-2-6-18-14/h2,6-9,14,17H,1,3-5,10H2. The molecule has 1 aromatic rings. The number of allylic oxidation sites excluding steroid dienone is 1. The molecule has 0 aliphatic carbocycles. The van der Waals surface area contributed by atoms with E-state index < -0.39 is 11.6 Å². The molecule has 1 N–H and O–H groups in total. The highest BCUT2D eigenvalue weighted by atomic mass is 19.1. The molecule has 1 aliphatic heterocycles. The average molecular weight is 253 g/mol. The van der Waals surface area contributed by atoms with Crippen molar-refractivity contribution >= 4 is 0 Å². The fourth-order valence-corrected chi connectivity index (χ4v) is 1.99. The lowest BCUT2D eigenvalue weighted by Crippen LogP contribution is -2.30. The van der Waals surface area contributed by atoms with Crippen LogP contribution in [0, 0.1) is 11.6 Å². The first-order valence-electron chi connectivity index (χ1n) is 6.20. The largest absolute Gasteiger partial charge is 0.497 e. The Morgan fingerprint density at radius 3 is 2.67 bits per heavy atom. The molecule has 0 bridgehead atoms. The summed E-state index contributed by atoms with van der Waals surface area (Å²) >= 11 is 0.